The zero-order valence-corrected chi connectivity index (χ0v) is 16.2. The topological polar surface area (TPSA) is 65.0 Å². The number of nitrogens with zero attached hydrogens (tertiary/aromatic N) is 1. The Hall–Kier alpha value is -1.96. The first kappa shape index (κ1) is 17.5. The number of fused-ring (bicyclic) bond motifs is 1. The number of ether oxygens (including phenoxy) is 1. The van der Waals surface area contributed by atoms with Gasteiger partial charge in [-0.15, -0.1) is 4.40 Å². The lowest BCUT2D eigenvalue weighted by Crippen LogP contribution is -2.33. The predicted molar refractivity (Wildman–Crippen MR) is 103 cm³/mol. The second-order valence-electron chi connectivity index (χ2n) is 6.33. The molecule has 0 spiro atoms. The summed E-state index contributed by atoms with van der Waals surface area (Å²) in [6.07, 6.45) is 0.300. The van der Waals surface area contributed by atoms with Gasteiger partial charge in [0, 0.05) is 16.0 Å². The van der Waals surface area contributed by atoms with E-state index in [1.165, 1.54) is 0 Å². The van der Waals surface area contributed by atoms with Crippen molar-refractivity contribution in [2.45, 2.75) is 12.5 Å². The first-order valence-electron chi connectivity index (χ1n) is 8.10. The van der Waals surface area contributed by atoms with Gasteiger partial charge >= 0.3 is 10.3 Å². The van der Waals surface area contributed by atoms with E-state index >= 15 is 0 Å². The van der Waals surface area contributed by atoms with Crippen LogP contribution < -0.4 is 4.18 Å². The van der Waals surface area contributed by atoms with Gasteiger partial charge in [0.15, 0.2) is 5.75 Å². The highest BCUT2D eigenvalue weighted by Gasteiger charge is 2.38. The van der Waals surface area contributed by atoms with Gasteiger partial charge in [0.25, 0.3) is 0 Å². The quantitative estimate of drug-likeness (QED) is 0.665. The average Bonchev–Trinajstić information content (AvgIpc) is 2.60. The van der Waals surface area contributed by atoms with E-state index in [9.17, 15) is 8.42 Å². The second-order valence-corrected chi connectivity index (χ2v) is 8.45. The van der Waals surface area contributed by atoms with Crippen molar-refractivity contribution in [2.24, 2.45) is 10.3 Å². The summed E-state index contributed by atoms with van der Waals surface area (Å²) in [4.78, 5) is 0. The SMILES string of the molecule is C=C1CO[C@H](c2ccccc2)C(C2=NS(=O)(=O)Oc3cc(Br)ccc32)C1. The first-order chi connectivity index (χ1) is 12.4. The Kier molecular flexibility index (Phi) is 4.46. The van der Waals surface area contributed by atoms with Gasteiger partial charge in [-0.3, -0.25) is 0 Å². The van der Waals surface area contributed by atoms with Gasteiger partial charge in [-0.05, 0) is 30.2 Å². The van der Waals surface area contributed by atoms with Crippen LogP contribution in [0.1, 0.15) is 23.7 Å². The van der Waals surface area contributed by atoms with Gasteiger partial charge in [0.05, 0.1) is 18.4 Å². The van der Waals surface area contributed by atoms with Crippen molar-refractivity contribution < 1.29 is 17.3 Å². The van der Waals surface area contributed by atoms with E-state index in [2.05, 4.69) is 26.9 Å². The van der Waals surface area contributed by atoms with Crippen LogP contribution in [0.2, 0.25) is 0 Å². The molecule has 4 rings (SSSR count). The normalized spacial score (nSPS) is 24.3. The lowest BCUT2D eigenvalue weighted by Gasteiger charge is -2.35. The zero-order valence-electron chi connectivity index (χ0n) is 13.8. The monoisotopic (exact) mass is 433 g/mol. The maximum Gasteiger partial charge on any atom is 0.428 e. The molecule has 0 radical (unpaired) electrons. The molecule has 2 aromatic rings. The van der Waals surface area contributed by atoms with Crippen LogP contribution in [0.4, 0.5) is 0 Å². The third kappa shape index (κ3) is 3.34. The van der Waals surface area contributed by atoms with Gasteiger partial charge in [0.2, 0.25) is 0 Å². The Bertz CT molecular complexity index is 1000. The minimum absolute atomic E-state index is 0.266. The molecule has 26 heavy (non-hydrogen) atoms. The van der Waals surface area contributed by atoms with Gasteiger partial charge in [-0.1, -0.05) is 58.4 Å². The van der Waals surface area contributed by atoms with Crippen LogP contribution in [0.3, 0.4) is 0 Å². The summed E-state index contributed by atoms with van der Waals surface area (Å²) in [6, 6.07) is 15.0. The molecule has 7 heteroatoms. The Morgan fingerprint density at radius 2 is 1.92 bits per heavy atom. The van der Waals surface area contributed by atoms with Crippen molar-refractivity contribution in [3.8, 4) is 5.75 Å². The average molecular weight is 434 g/mol. The standard InChI is InChI=1S/C19H16BrNO4S/c1-12-9-16(19(24-11-12)13-5-3-2-4-6-13)18-15-8-7-14(20)10-17(15)25-26(22,23)21-18/h2-8,10,16,19H,1,9,11H2/t16?,19-/m1/s1. The number of rotatable bonds is 2. The third-order valence-electron chi connectivity index (χ3n) is 4.45. The van der Waals surface area contributed by atoms with Gasteiger partial charge in [-0.25, -0.2) is 0 Å². The van der Waals surface area contributed by atoms with Gasteiger partial charge in [0.1, 0.15) is 0 Å². The second kappa shape index (κ2) is 6.64. The van der Waals surface area contributed by atoms with Crippen LogP contribution in [0.15, 0.2) is 69.6 Å². The molecule has 5 nitrogen and oxygen atoms in total. The highest BCUT2D eigenvalue weighted by atomic mass is 79.9. The number of hydrogen-bond acceptors (Lipinski definition) is 4. The minimum atomic E-state index is -4.05. The number of hydrogen-bond donors (Lipinski definition) is 0. The molecule has 0 aromatic heterocycles. The fourth-order valence-corrected chi connectivity index (χ4v) is 4.57. The van der Waals surface area contributed by atoms with E-state index in [0.717, 1.165) is 15.6 Å². The number of benzene rings is 2. The minimum Gasteiger partial charge on any atom is -0.368 e. The Morgan fingerprint density at radius 3 is 2.69 bits per heavy atom. The van der Waals surface area contributed by atoms with E-state index in [0.29, 0.717) is 24.3 Å². The summed E-state index contributed by atoms with van der Waals surface area (Å²) >= 11 is 3.35. The van der Waals surface area contributed by atoms with Gasteiger partial charge < -0.3 is 8.92 Å². The Labute approximate surface area is 160 Å². The van der Waals surface area contributed by atoms with E-state index in [1.807, 2.05) is 42.5 Å². The lowest BCUT2D eigenvalue weighted by molar-refractivity contribution is 0.0209. The van der Waals surface area contributed by atoms with E-state index < -0.39 is 10.3 Å². The van der Waals surface area contributed by atoms with Crippen molar-refractivity contribution in [1.29, 1.82) is 0 Å². The molecular weight excluding hydrogens is 418 g/mol. The van der Waals surface area contributed by atoms with E-state index in [4.69, 9.17) is 8.92 Å². The highest BCUT2D eigenvalue weighted by molar-refractivity contribution is 9.10. The summed E-state index contributed by atoms with van der Waals surface area (Å²) in [5.41, 5.74) is 3.00. The van der Waals surface area contributed by atoms with Crippen molar-refractivity contribution in [2.75, 3.05) is 6.61 Å². The molecule has 134 valence electrons. The molecule has 2 aliphatic heterocycles. The van der Waals surface area contributed by atoms with Crippen LogP contribution in [0.25, 0.3) is 0 Å². The molecule has 2 heterocycles. The molecule has 1 unspecified atom stereocenters. The zero-order chi connectivity index (χ0) is 18.3. The molecule has 2 aromatic carbocycles. The molecule has 0 saturated carbocycles. The summed E-state index contributed by atoms with van der Waals surface area (Å²) < 4.78 is 40.2. The Morgan fingerprint density at radius 1 is 1.15 bits per heavy atom. The van der Waals surface area contributed by atoms with Crippen LogP contribution in [-0.4, -0.2) is 20.7 Å². The molecule has 0 aliphatic carbocycles. The summed E-state index contributed by atoms with van der Waals surface area (Å²) in [6.45, 7) is 4.47. The van der Waals surface area contributed by atoms with Crippen LogP contribution >= 0.6 is 15.9 Å². The largest absolute Gasteiger partial charge is 0.428 e. The van der Waals surface area contributed by atoms with E-state index in [1.54, 1.807) is 6.07 Å². The summed E-state index contributed by atoms with van der Waals surface area (Å²) in [5, 5.41) is 0. The molecule has 1 saturated heterocycles. The van der Waals surface area contributed by atoms with Crippen molar-refractivity contribution in [1.82, 2.24) is 0 Å². The molecule has 0 amide bonds. The summed E-state index contributed by atoms with van der Waals surface area (Å²) in [5.74, 6) is 0.00428. The smallest absolute Gasteiger partial charge is 0.368 e. The maximum atomic E-state index is 12.2. The van der Waals surface area contributed by atoms with Crippen LogP contribution in [0, 0.1) is 5.92 Å². The maximum absolute atomic E-state index is 12.2. The summed E-state index contributed by atoms with van der Waals surface area (Å²) in [7, 11) is -4.05. The molecule has 0 N–H and O–H groups in total. The van der Waals surface area contributed by atoms with Crippen LogP contribution in [-0.2, 0) is 15.0 Å². The van der Waals surface area contributed by atoms with Crippen molar-refractivity contribution >= 4 is 31.9 Å². The molecule has 1 fully saturated rings. The van der Waals surface area contributed by atoms with Gasteiger partial charge in [-0.2, -0.15) is 8.42 Å². The van der Waals surface area contributed by atoms with E-state index in [-0.39, 0.29) is 17.8 Å². The fourth-order valence-electron chi connectivity index (χ4n) is 3.36. The predicted octanol–water partition coefficient (Wildman–Crippen LogP) is 4.21. The van der Waals surface area contributed by atoms with Crippen molar-refractivity contribution in [3.63, 3.8) is 0 Å². The first-order valence-corrected chi connectivity index (χ1v) is 10.3. The molecule has 2 atom stereocenters. The Balaban J connectivity index is 1.85. The van der Waals surface area contributed by atoms with Crippen LogP contribution in [0.5, 0.6) is 5.75 Å². The third-order valence-corrected chi connectivity index (χ3v) is 5.75. The molecular formula is C19H16BrNO4S. The lowest BCUT2D eigenvalue weighted by atomic mass is 9.81. The number of halogens is 1. The molecule has 2 aliphatic rings. The molecule has 0 bridgehead atoms. The highest BCUT2D eigenvalue weighted by Crippen LogP contribution is 2.41. The fraction of sp³-hybridized carbons (Fsp3) is 0.211. The van der Waals surface area contributed by atoms with Crippen molar-refractivity contribution in [3.05, 3.63) is 76.3 Å².